The van der Waals surface area contributed by atoms with Crippen LogP contribution in [-0.2, 0) is 19.1 Å². The number of alkyl carbamates (subject to hydrolysis) is 2. The highest BCUT2D eigenvalue weighted by Gasteiger charge is 2.57. The smallest absolute Gasteiger partial charge is 0.407 e. The summed E-state index contributed by atoms with van der Waals surface area (Å²) in [4.78, 5) is 71.4. The molecular weight excluding hydrogens is 732 g/mol. The molecule has 4 fully saturated rings. The fourth-order valence-corrected chi connectivity index (χ4v) is 8.62. The second-order valence-corrected chi connectivity index (χ2v) is 16.3. The highest BCUT2D eigenvalue weighted by Crippen LogP contribution is 2.54. The molecule has 8 atom stereocenters. The molecule has 4 heterocycles. The molecule has 2 saturated heterocycles. The van der Waals surface area contributed by atoms with Gasteiger partial charge >= 0.3 is 12.2 Å². The van der Waals surface area contributed by atoms with E-state index in [0.29, 0.717) is 45.9 Å². The minimum atomic E-state index is -0.744. The van der Waals surface area contributed by atoms with E-state index in [-0.39, 0.29) is 47.8 Å². The van der Waals surface area contributed by atoms with Gasteiger partial charge < -0.3 is 39.9 Å². The van der Waals surface area contributed by atoms with E-state index in [9.17, 15) is 19.2 Å². The Hall–Kier alpha value is -5.91. The van der Waals surface area contributed by atoms with Crippen molar-refractivity contribution in [3.63, 3.8) is 0 Å². The molecule has 298 valence electrons. The van der Waals surface area contributed by atoms with E-state index in [1.807, 2.05) is 55.7 Å². The number of rotatable bonds is 9. The van der Waals surface area contributed by atoms with Crippen LogP contribution in [0.3, 0.4) is 0 Å². The Labute approximate surface area is 329 Å². The number of aromatic nitrogens is 4. The number of piperidine rings is 2. The predicted octanol–water partition coefficient (Wildman–Crippen LogP) is 5.58. The molecule has 2 aromatic heterocycles. The Morgan fingerprint density at radius 3 is 1.86 bits per heavy atom. The van der Waals surface area contributed by atoms with Crippen molar-refractivity contribution in [1.29, 1.82) is 0 Å². The lowest BCUT2D eigenvalue weighted by molar-refractivity contribution is -0.137. The topological polar surface area (TPSA) is 175 Å². The lowest BCUT2D eigenvalue weighted by atomic mass is 10.0. The van der Waals surface area contributed by atoms with Crippen molar-refractivity contribution in [3.05, 3.63) is 71.2 Å². The average molecular weight is 779 g/mol. The van der Waals surface area contributed by atoms with Crippen molar-refractivity contribution in [2.24, 2.45) is 23.7 Å². The van der Waals surface area contributed by atoms with Crippen LogP contribution in [0.2, 0.25) is 0 Å². The summed E-state index contributed by atoms with van der Waals surface area (Å²) in [6.45, 7) is 7.54. The first-order valence-electron chi connectivity index (χ1n) is 19.5. The van der Waals surface area contributed by atoms with Gasteiger partial charge in [-0.15, -0.1) is 0 Å². The lowest BCUT2D eigenvalue weighted by Crippen LogP contribution is -2.52. The van der Waals surface area contributed by atoms with Gasteiger partial charge in [-0.2, -0.15) is 0 Å². The zero-order chi connectivity index (χ0) is 40.3. The minimum absolute atomic E-state index is 0.0852. The van der Waals surface area contributed by atoms with Crippen LogP contribution in [0.25, 0.3) is 22.3 Å². The van der Waals surface area contributed by atoms with Gasteiger partial charge in [0.15, 0.2) is 0 Å². The molecule has 8 rings (SSSR count). The Balaban J connectivity index is 0.963. The van der Waals surface area contributed by atoms with Crippen LogP contribution in [0.1, 0.15) is 88.2 Å². The fourth-order valence-electron chi connectivity index (χ4n) is 8.62. The molecule has 2 saturated carbocycles. The molecule has 0 unspecified atom stereocenters. The Kier molecular flexibility index (Phi) is 9.91. The Morgan fingerprint density at radius 1 is 0.772 bits per heavy atom. The van der Waals surface area contributed by atoms with Gasteiger partial charge in [0, 0.05) is 28.8 Å². The SMILES string of the molecule is COC(=O)N[C@H](C(=O)N1[C@@H]2C[C@@H]2C[C@H]1c1ncc(-c2ccc(C#Cc3ccc4nc([C@@H]5C[C@H]6C[C@H]6N5C(=O)[C@@H](NC(=O)OC)C(C)C)[nH]c4c3)cc2F)[nH]1)C(C)C. The van der Waals surface area contributed by atoms with Crippen LogP contribution < -0.4 is 10.6 Å². The van der Waals surface area contributed by atoms with Crippen LogP contribution in [0.5, 0.6) is 0 Å². The normalized spacial score (nSPS) is 24.0. The first kappa shape index (κ1) is 38.0. The number of carbonyl (C=O) groups excluding carboxylic acids is 4. The number of likely N-dealkylation sites (tertiary alicyclic amines) is 2. The molecule has 2 aliphatic carbocycles. The van der Waals surface area contributed by atoms with Crippen molar-refractivity contribution < 1.29 is 33.0 Å². The quantitative estimate of drug-likeness (QED) is 0.160. The van der Waals surface area contributed by atoms with Gasteiger partial charge in [0.05, 0.1) is 49.2 Å². The van der Waals surface area contributed by atoms with Crippen molar-refractivity contribution in [3.8, 4) is 23.1 Å². The number of halogens is 1. The van der Waals surface area contributed by atoms with Gasteiger partial charge in [0.1, 0.15) is 29.5 Å². The number of methoxy groups -OCH3 is 2. The van der Waals surface area contributed by atoms with Crippen LogP contribution >= 0.6 is 0 Å². The first-order chi connectivity index (χ1) is 27.3. The second kappa shape index (κ2) is 14.9. The van der Waals surface area contributed by atoms with E-state index >= 15 is 4.39 Å². The van der Waals surface area contributed by atoms with Gasteiger partial charge in [0.25, 0.3) is 0 Å². The molecule has 0 radical (unpaired) electrons. The number of nitrogens with zero attached hydrogens (tertiary/aromatic N) is 4. The third-order valence-corrected chi connectivity index (χ3v) is 11.8. The van der Waals surface area contributed by atoms with Crippen LogP contribution in [-0.4, -0.2) is 92.1 Å². The van der Waals surface area contributed by atoms with E-state index < -0.39 is 30.1 Å². The fraction of sp³-hybridized carbons (Fsp3) is 0.476. The summed E-state index contributed by atoms with van der Waals surface area (Å²) >= 11 is 0. The van der Waals surface area contributed by atoms with Gasteiger partial charge in [0.2, 0.25) is 11.8 Å². The molecule has 4 N–H and O–H groups in total. The van der Waals surface area contributed by atoms with Gasteiger partial charge in [-0.1, -0.05) is 39.5 Å². The summed E-state index contributed by atoms with van der Waals surface area (Å²) in [7, 11) is 2.55. The molecular formula is C42H47FN8O6. The standard InChI is InChI=1S/C42H47FN8O6/c1-20(2)35(48-41(54)56-5)39(52)50-31-15-24(31)17-33(50)37-44-19-30(47-37)26-11-9-22(13-27(26)43)7-8-23-10-12-28-29(14-23)46-38(45-28)34-18-25-16-32(25)51(34)40(53)36(21(3)4)49-42(55)57-6/h9-14,19-21,24-25,31-36H,15-18H2,1-6H3,(H,44,47)(H,45,46)(H,48,54)(H,49,55)/t24-,25-,31-,32-,33+,34+,35+,36+/m1/s1. The number of H-pyrrole nitrogens is 2. The summed E-state index contributed by atoms with van der Waals surface area (Å²) in [6, 6.07) is 8.62. The largest absolute Gasteiger partial charge is 0.453 e. The van der Waals surface area contributed by atoms with Gasteiger partial charge in [-0.05, 0) is 85.8 Å². The maximum Gasteiger partial charge on any atom is 0.407 e. The molecule has 0 spiro atoms. The molecule has 57 heavy (non-hydrogen) atoms. The molecule has 14 nitrogen and oxygen atoms in total. The third kappa shape index (κ3) is 7.29. The van der Waals surface area contributed by atoms with E-state index in [4.69, 9.17) is 14.5 Å². The molecule has 4 aliphatic rings. The summed E-state index contributed by atoms with van der Waals surface area (Å²) in [5.74, 6) is 7.16. The van der Waals surface area contributed by atoms with Crippen LogP contribution in [0.15, 0.2) is 42.6 Å². The highest BCUT2D eigenvalue weighted by atomic mass is 19.1. The van der Waals surface area contributed by atoms with Crippen molar-refractivity contribution in [1.82, 2.24) is 40.4 Å². The van der Waals surface area contributed by atoms with Crippen molar-refractivity contribution in [2.45, 2.75) is 89.6 Å². The number of fused-ring (bicyclic) bond motifs is 3. The zero-order valence-electron chi connectivity index (χ0n) is 32.8. The van der Waals surface area contributed by atoms with E-state index in [2.05, 4.69) is 37.4 Å². The Morgan fingerprint density at radius 2 is 1.32 bits per heavy atom. The minimum Gasteiger partial charge on any atom is -0.453 e. The molecule has 4 aromatic rings. The maximum absolute atomic E-state index is 15.6. The monoisotopic (exact) mass is 778 g/mol. The van der Waals surface area contributed by atoms with Crippen molar-refractivity contribution in [2.75, 3.05) is 14.2 Å². The Bertz CT molecular complexity index is 2310. The number of imidazole rings is 2. The second-order valence-electron chi connectivity index (χ2n) is 16.3. The number of hydrogen-bond donors (Lipinski definition) is 4. The highest BCUT2D eigenvalue weighted by molar-refractivity contribution is 5.88. The molecule has 2 aromatic carbocycles. The van der Waals surface area contributed by atoms with E-state index in [1.165, 1.54) is 20.3 Å². The number of hydrogen-bond acceptors (Lipinski definition) is 8. The number of amides is 4. The molecule has 0 bridgehead atoms. The summed E-state index contributed by atoms with van der Waals surface area (Å²) in [6.07, 6.45) is 3.67. The van der Waals surface area contributed by atoms with Gasteiger partial charge in [-0.25, -0.2) is 23.9 Å². The summed E-state index contributed by atoms with van der Waals surface area (Å²) in [5.41, 5.74) is 3.53. The summed E-state index contributed by atoms with van der Waals surface area (Å²) in [5, 5.41) is 5.39. The van der Waals surface area contributed by atoms with E-state index in [0.717, 1.165) is 36.7 Å². The van der Waals surface area contributed by atoms with Crippen LogP contribution in [0, 0.1) is 41.3 Å². The third-order valence-electron chi connectivity index (χ3n) is 11.8. The average Bonchev–Trinajstić information content (AvgIpc) is 3.82. The maximum atomic E-state index is 15.6. The van der Waals surface area contributed by atoms with Gasteiger partial charge in [-0.3, -0.25) is 9.59 Å². The summed E-state index contributed by atoms with van der Waals surface area (Å²) < 4.78 is 25.2. The molecule has 15 heteroatoms. The number of carbonyl (C=O) groups is 4. The van der Waals surface area contributed by atoms with Crippen LogP contribution in [0.4, 0.5) is 14.0 Å². The number of aromatic amines is 2. The predicted molar refractivity (Wildman–Crippen MR) is 207 cm³/mol. The number of nitrogens with one attached hydrogen (secondary N) is 4. The number of ether oxygens (including phenoxy) is 2. The number of benzene rings is 2. The first-order valence-corrected chi connectivity index (χ1v) is 19.5. The van der Waals surface area contributed by atoms with Crippen molar-refractivity contribution >= 4 is 35.0 Å². The molecule has 2 aliphatic heterocycles. The van der Waals surface area contributed by atoms with E-state index in [1.54, 1.807) is 18.3 Å². The molecule has 4 amide bonds. The zero-order valence-corrected chi connectivity index (χ0v) is 32.8. The lowest BCUT2D eigenvalue weighted by Gasteiger charge is -2.31.